The van der Waals surface area contributed by atoms with E-state index in [2.05, 4.69) is 75.1 Å². The molecular weight excluding hydrogens is 556 g/mol. The van der Waals surface area contributed by atoms with Crippen molar-refractivity contribution in [2.45, 2.75) is 145 Å². The minimum Gasteiger partial charge on any atom is -0.373 e. The lowest BCUT2D eigenvalue weighted by atomic mass is 9.99. The van der Waals surface area contributed by atoms with Gasteiger partial charge in [-0.3, -0.25) is 4.79 Å². The number of ketones is 1. The van der Waals surface area contributed by atoms with E-state index in [1.54, 1.807) is 0 Å². The van der Waals surface area contributed by atoms with Gasteiger partial charge >= 0.3 is 0 Å². The van der Waals surface area contributed by atoms with Crippen molar-refractivity contribution in [3.05, 3.63) is 0 Å². The second kappa shape index (κ2) is 29.6. The second-order valence-electron chi connectivity index (χ2n) is 14.8. The Morgan fingerprint density at radius 2 is 1.29 bits per heavy atom. The molecule has 1 saturated heterocycles. The van der Waals surface area contributed by atoms with Crippen LogP contribution < -0.4 is 0 Å². The van der Waals surface area contributed by atoms with Crippen molar-refractivity contribution >= 4 is 5.78 Å². The first-order chi connectivity index (χ1) is 21.5. The first-order valence-corrected chi connectivity index (χ1v) is 19.5. The number of nitrogens with zero attached hydrogens (tertiary/aromatic N) is 4. The van der Waals surface area contributed by atoms with Crippen molar-refractivity contribution in [3.8, 4) is 0 Å². The van der Waals surface area contributed by atoms with Gasteiger partial charge in [-0.15, -0.1) is 0 Å². The lowest BCUT2D eigenvalue weighted by molar-refractivity contribution is -0.126. The van der Waals surface area contributed by atoms with Crippen LogP contribution in [-0.4, -0.2) is 117 Å². The highest BCUT2D eigenvalue weighted by Gasteiger charge is 2.15. The Balaban J connectivity index is 0.000000870. The number of piperazine rings is 1. The van der Waals surface area contributed by atoms with Gasteiger partial charge in [0.1, 0.15) is 6.61 Å². The molecule has 0 saturated carbocycles. The summed E-state index contributed by atoms with van der Waals surface area (Å²) in [6.45, 7) is 33.4. The lowest BCUT2D eigenvalue weighted by Gasteiger charge is -2.34. The molecule has 1 aliphatic heterocycles. The maximum absolute atomic E-state index is 11.5. The highest BCUT2D eigenvalue weighted by Crippen LogP contribution is 2.16. The molecule has 0 aromatic carbocycles. The van der Waals surface area contributed by atoms with Gasteiger partial charge < -0.3 is 24.3 Å². The van der Waals surface area contributed by atoms with E-state index >= 15 is 0 Å². The fourth-order valence-electron chi connectivity index (χ4n) is 5.97. The van der Waals surface area contributed by atoms with Crippen molar-refractivity contribution in [1.29, 1.82) is 0 Å². The number of Topliss-reactive ketones (excluding diaryl/α,β-unsaturated/α-hetero) is 1. The molecule has 0 aromatic rings. The Morgan fingerprint density at radius 3 is 1.89 bits per heavy atom. The van der Waals surface area contributed by atoms with Crippen LogP contribution >= 0.6 is 0 Å². The zero-order chi connectivity index (χ0) is 33.9. The van der Waals surface area contributed by atoms with E-state index in [1.807, 2.05) is 13.8 Å². The molecule has 270 valence electrons. The number of likely N-dealkylation sites (N-methyl/N-ethyl adjacent to an activating group) is 1. The summed E-state index contributed by atoms with van der Waals surface area (Å²) in [7, 11) is 2.20. The minimum atomic E-state index is 0.0825. The molecule has 0 bridgehead atoms. The highest BCUT2D eigenvalue weighted by molar-refractivity contribution is 5.81. The van der Waals surface area contributed by atoms with Gasteiger partial charge in [0.15, 0.2) is 5.78 Å². The number of rotatable bonds is 27. The molecule has 0 amide bonds. The van der Waals surface area contributed by atoms with Crippen LogP contribution in [0.15, 0.2) is 0 Å². The maximum atomic E-state index is 11.5. The van der Waals surface area contributed by atoms with Crippen molar-refractivity contribution in [1.82, 2.24) is 19.6 Å². The molecule has 6 heteroatoms. The highest BCUT2D eigenvalue weighted by atomic mass is 16.5. The smallest absolute Gasteiger partial charge is 0.160 e. The van der Waals surface area contributed by atoms with Crippen LogP contribution in [0.5, 0.6) is 0 Å². The van der Waals surface area contributed by atoms with E-state index in [1.165, 1.54) is 130 Å². The Morgan fingerprint density at radius 1 is 0.689 bits per heavy atom. The largest absolute Gasteiger partial charge is 0.373 e. The summed E-state index contributed by atoms with van der Waals surface area (Å²) in [4.78, 5) is 21.7. The molecule has 2 atom stereocenters. The molecule has 0 aromatic heterocycles. The molecular formula is C39H82N4O2. The van der Waals surface area contributed by atoms with Gasteiger partial charge in [0.2, 0.25) is 0 Å². The van der Waals surface area contributed by atoms with Crippen molar-refractivity contribution in [2.75, 3.05) is 85.7 Å². The topological polar surface area (TPSA) is 39.3 Å². The fourth-order valence-corrected chi connectivity index (χ4v) is 5.97. The van der Waals surface area contributed by atoms with E-state index in [0.717, 1.165) is 18.9 Å². The van der Waals surface area contributed by atoms with E-state index in [9.17, 15) is 4.79 Å². The molecule has 0 N–H and O–H groups in total. The number of hydrogen-bond acceptors (Lipinski definition) is 6. The van der Waals surface area contributed by atoms with E-state index < -0.39 is 0 Å². The zero-order valence-electron chi connectivity index (χ0n) is 32.4. The number of hydrogen-bond donors (Lipinski definition) is 0. The number of ether oxygens (including phenoxy) is 1. The predicted octanol–water partition coefficient (Wildman–Crippen LogP) is 8.49. The van der Waals surface area contributed by atoms with Crippen LogP contribution in [0.25, 0.3) is 0 Å². The third-order valence-corrected chi connectivity index (χ3v) is 9.82. The Labute approximate surface area is 283 Å². The van der Waals surface area contributed by atoms with Crippen LogP contribution in [0.2, 0.25) is 0 Å². The van der Waals surface area contributed by atoms with Gasteiger partial charge in [-0.05, 0) is 97.7 Å². The zero-order valence-corrected chi connectivity index (χ0v) is 32.4. The Hall–Kier alpha value is -0.530. The average Bonchev–Trinajstić information content (AvgIpc) is 3.02. The number of carbonyl (C=O) groups excluding carboxylic acids is 1. The van der Waals surface area contributed by atoms with Gasteiger partial charge in [0.25, 0.3) is 0 Å². The second-order valence-corrected chi connectivity index (χ2v) is 14.8. The molecule has 1 heterocycles. The third-order valence-electron chi connectivity index (χ3n) is 9.82. The van der Waals surface area contributed by atoms with E-state index in [4.69, 9.17) is 4.74 Å². The molecule has 1 rings (SSSR count). The summed E-state index contributed by atoms with van der Waals surface area (Å²) in [6.07, 6.45) is 16.3. The van der Waals surface area contributed by atoms with Crippen molar-refractivity contribution < 1.29 is 9.53 Å². The van der Waals surface area contributed by atoms with E-state index in [-0.39, 0.29) is 18.3 Å². The quantitative estimate of drug-likeness (QED) is 0.0841. The fraction of sp³-hybridized carbons (Fsp3) is 0.974. The molecule has 45 heavy (non-hydrogen) atoms. The molecule has 0 spiro atoms. The van der Waals surface area contributed by atoms with Crippen molar-refractivity contribution in [3.63, 3.8) is 0 Å². The summed E-state index contributed by atoms with van der Waals surface area (Å²) < 4.78 is 5.51. The predicted molar refractivity (Wildman–Crippen MR) is 199 cm³/mol. The Kier molecular flexibility index (Phi) is 29.2. The van der Waals surface area contributed by atoms with Crippen LogP contribution in [0.1, 0.15) is 139 Å². The molecule has 1 aliphatic rings. The normalized spacial score (nSPS) is 16.0. The van der Waals surface area contributed by atoms with Crippen molar-refractivity contribution in [2.24, 2.45) is 17.8 Å². The molecule has 0 radical (unpaired) electrons. The first kappa shape index (κ1) is 44.5. The SMILES string of the molecule is CCCCCCCN(C)CCC(C)COCC(=O)C(C)C.CCN1CCN(CCCCCCC(C)CCN(CC)C(C)C)CC1. The van der Waals surface area contributed by atoms with Gasteiger partial charge in [0, 0.05) is 44.7 Å². The average molecular weight is 639 g/mol. The third kappa shape index (κ3) is 26.1. The molecule has 0 aliphatic carbocycles. The van der Waals surface area contributed by atoms with Crippen LogP contribution in [0.3, 0.4) is 0 Å². The monoisotopic (exact) mass is 639 g/mol. The maximum Gasteiger partial charge on any atom is 0.160 e. The summed E-state index contributed by atoms with van der Waals surface area (Å²) in [5.41, 5.74) is 0. The molecule has 1 fully saturated rings. The summed E-state index contributed by atoms with van der Waals surface area (Å²) in [5.74, 6) is 1.69. The molecule has 2 unspecified atom stereocenters. The Bertz CT molecular complexity index is 651. The minimum absolute atomic E-state index is 0.0825. The van der Waals surface area contributed by atoms with Gasteiger partial charge in [0.05, 0.1) is 0 Å². The molecule has 6 nitrogen and oxygen atoms in total. The van der Waals surface area contributed by atoms with Crippen LogP contribution in [-0.2, 0) is 9.53 Å². The standard InChI is InChI=1S/C21H45N3.C18H37NO2/c1-6-22-16-18-23(19-17-22)14-11-9-8-10-12-21(5)13-15-24(7-2)20(3)4;1-6-7-8-9-10-12-19(5)13-11-17(4)14-21-15-18(20)16(2)3/h20-21H,6-19H2,1-5H3;16-17H,6-15H2,1-5H3. The van der Waals surface area contributed by atoms with Crippen LogP contribution in [0.4, 0.5) is 0 Å². The summed E-state index contributed by atoms with van der Waals surface area (Å²) in [6, 6.07) is 0.696. The van der Waals surface area contributed by atoms with E-state index in [0.29, 0.717) is 18.6 Å². The summed E-state index contributed by atoms with van der Waals surface area (Å²) in [5, 5.41) is 0. The van der Waals surface area contributed by atoms with Gasteiger partial charge in [-0.25, -0.2) is 0 Å². The van der Waals surface area contributed by atoms with Gasteiger partial charge in [-0.2, -0.15) is 0 Å². The van der Waals surface area contributed by atoms with Crippen LogP contribution in [0, 0.1) is 17.8 Å². The number of carbonyl (C=O) groups is 1. The lowest BCUT2D eigenvalue weighted by Crippen LogP contribution is -2.46. The number of unbranched alkanes of at least 4 members (excludes halogenated alkanes) is 7. The van der Waals surface area contributed by atoms with Gasteiger partial charge in [-0.1, -0.05) is 99.8 Å². The first-order valence-electron chi connectivity index (χ1n) is 19.5. The summed E-state index contributed by atoms with van der Waals surface area (Å²) >= 11 is 0.